The number of imidazole rings is 1. The molecule has 10 heteroatoms. The predicted octanol–water partition coefficient (Wildman–Crippen LogP) is 5.24. The molecule has 0 spiro atoms. The maximum atomic E-state index is 14.4. The van der Waals surface area contributed by atoms with Crippen LogP contribution in [-0.4, -0.2) is 38.9 Å². The van der Waals surface area contributed by atoms with E-state index in [1.165, 1.54) is 18.3 Å². The normalized spacial score (nSPS) is 15.4. The smallest absolute Gasteiger partial charge is 0.410 e. The van der Waals surface area contributed by atoms with Crippen LogP contribution in [0.2, 0.25) is 0 Å². The van der Waals surface area contributed by atoms with Crippen molar-refractivity contribution in [3.05, 3.63) is 66.1 Å². The number of carboxylic acid groups (broad SMARTS) is 1. The van der Waals surface area contributed by atoms with Crippen LogP contribution in [-0.2, 0) is 11.8 Å². The molecule has 1 fully saturated rings. The van der Waals surface area contributed by atoms with Crippen molar-refractivity contribution in [2.45, 2.75) is 12.3 Å². The minimum absolute atomic E-state index is 0.0568. The number of fused-ring (bicyclic) bond motifs is 1. The van der Waals surface area contributed by atoms with E-state index in [0.717, 1.165) is 17.6 Å². The molecule has 1 atom stereocenters. The SMILES string of the molecule is Cn1c(Nc2ccc(F)c(C3CCOC3)c2)nc2cc(Oc3ccnc(NC(=O)O)c3)ccc21. The Morgan fingerprint density at radius 3 is 2.85 bits per heavy atom. The average Bonchev–Trinajstić information content (AvgIpc) is 3.44. The summed E-state index contributed by atoms with van der Waals surface area (Å²) in [5.41, 5.74) is 2.97. The van der Waals surface area contributed by atoms with Gasteiger partial charge in [-0.1, -0.05) is 0 Å². The summed E-state index contributed by atoms with van der Waals surface area (Å²) < 4.78 is 27.5. The number of pyridine rings is 1. The minimum atomic E-state index is -1.20. The third-order valence-corrected chi connectivity index (χ3v) is 5.68. The summed E-state index contributed by atoms with van der Waals surface area (Å²) in [7, 11) is 1.89. The topological polar surface area (TPSA) is 111 Å². The molecule has 0 radical (unpaired) electrons. The summed E-state index contributed by atoms with van der Waals surface area (Å²) in [5, 5.41) is 14.3. The summed E-state index contributed by atoms with van der Waals surface area (Å²) in [4.78, 5) is 19.4. The maximum absolute atomic E-state index is 14.4. The molecule has 2 aromatic carbocycles. The number of amides is 1. The van der Waals surface area contributed by atoms with Crippen LogP contribution in [0.5, 0.6) is 11.5 Å². The Kier molecular flexibility index (Phi) is 5.72. The molecule has 1 aliphatic heterocycles. The van der Waals surface area contributed by atoms with Crippen LogP contribution in [0.4, 0.5) is 26.6 Å². The highest BCUT2D eigenvalue weighted by Crippen LogP contribution is 2.32. The van der Waals surface area contributed by atoms with Crippen LogP contribution in [0, 0.1) is 5.82 Å². The fraction of sp³-hybridized carbons (Fsp3) is 0.208. The summed E-state index contributed by atoms with van der Waals surface area (Å²) in [6, 6.07) is 13.6. The molecule has 174 valence electrons. The molecule has 0 bridgehead atoms. The third-order valence-electron chi connectivity index (χ3n) is 5.68. The number of hydrogen-bond acceptors (Lipinski definition) is 6. The lowest BCUT2D eigenvalue weighted by molar-refractivity contribution is 0.193. The highest BCUT2D eigenvalue weighted by Gasteiger charge is 2.21. The lowest BCUT2D eigenvalue weighted by Gasteiger charge is -2.12. The second-order valence-electron chi connectivity index (χ2n) is 7.98. The number of nitrogens with one attached hydrogen (secondary N) is 2. The van der Waals surface area contributed by atoms with Gasteiger partial charge >= 0.3 is 6.09 Å². The van der Waals surface area contributed by atoms with Gasteiger partial charge < -0.3 is 24.5 Å². The fourth-order valence-electron chi connectivity index (χ4n) is 3.99. The second-order valence-corrected chi connectivity index (χ2v) is 7.98. The molecule has 2 aromatic heterocycles. The van der Waals surface area contributed by atoms with Gasteiger partial charge in [0.15, 0.2) is 0 Å². The van der Waals surface area contributed by atoms with E-state index in [-0.39, 0.29) is 17.6 Å². The van der Waals surface area contributed by atoms with Crippen molar-refractivity contribution in [1.29, 1.82) is 0 Å². The van der Waals surface area contributed by atoms with Crippen molar-refractivity contribution in [1.82, 2.24) is 14.5 Å². The number of benzene rings is 2. The van der Waals surface area contributed by atoms with E-state index in [2.05, 4.69) is 20.6 Å². The summed E-state index contributed by atoms with van der Waals surface area (Å²) in [6.07, 6.45) is 1.06. The Morgan fingerprint density at radius 2 is 2.06 bits per heavy atom. The largest absolute Gasteiger partial charge is 0.465 e. The van der Waals surface area contributed by atoms with Crippen molar-refractivity contribution in [2.24, 2.45) is 7.05 Å². The lowest BCUT2D eigenvalue weighted by atomic mass is 9.97. The highest BCUT2D eigenvalue weighted by atomic mass is 19.1. The maximum Gasteiger partial charge on any atom is 0.410 e. The van der Waals surface area contributed by atoms with E-state index < -0.39 is 6.09 Å². The van der Waals surface area contributed by atoms with Gasteiger partial charge in [0.2, 0.25) is 5.95 Å². The molecule has 5 rings (SSSR count). The molecule has 4 aromatic rings. The number of aromatic nitrogens is 3. The van der Waals surface area contributed by atoms with Crippen LogP contribution in [0.15, 0.2) is 54.7 Å². The molecule has 0 saturated carbocycles. The van der Waals surface area contributed by atoms with Gasteiger partial charge in [0.1, 0.15) is 23.1 Å². The van der Waals surface area contributed by atoms with Crippen molar-refractivity contribution < 1.29 is 23.8 Å². The molecule has 1 unspecified atom stereocenters. The van der Waals surface area contributed by atoms with Gasteiger partial charge in [-0.2, -0.15) is 0 Å². The van der Waals surface area contributed by atoms with Gasteiger partial charge in [0, 0.05) is 43.6 Å². The number of rotatable bonds is 6. The quantitative estimate of drug-likeness (QED) is 0.359. The van der Waals surface area contributed by atoms with E-state index in [0.29, 0.717) is 41.7 Å². The highest BCUT2D eigenvalue weighted by molar-refractivity contribution is 5.82. The van der Waals surface area contributed by atoms with Crippen LogP contribution in [0.3, 0.4) is 0 Å². The van der Waals surface area contributed by atoms with E-state index in [1.807, 2.05) is 23.7 Å². The molecule has 34 heavy (non-hydrogen) atoms. The number of halogens is 1. The number of hydrogen-bond donors (Lipinski definition) is 3. The first-order valence-corrected chi connectivity index (χ1v) is 10.7. The Labute approximate surface area is 194 Å². The first kappa shape index (κ1) is 21.7. The zero-order chi connectivity index (χ0) is 23.7. The molecule has 1 aliphatic rings. The van der Waals surface area contributed by atoms with E-state index in [1.54, 1.807) is 24.3 Å². The van der Waals surface area contributed by atoms with Crippen molar-refractivity contribution in [3.8, 4) is 11.5 Å². The number of nitrogens with zero attached hydrogens (tertiary/aromatic N) is 3. The Bertz CT molecular complexity index is 1370. The monoisotopic (exact) mass is 463 g/mol. The molecule has 9 nitrogen and oxygen atoms in total. The van der Waals surface area contributed by atoms with Gasteiger partial charge in [-0.15, -0.1) is 0 Å². The van der Waals surface area contributed by atoms with Gasteiger partial charge in [-0.05, 0) is 48.4 Å². The molecule has 1 amide bonds. The van der Waals surface area contributed by atoms with Crippen molar-refractivity contribution in [3.63, 3.8) is 0 Å². The number of carbonyl (C=O) groups is 1. The van der Waals surface area contributed by atoms with Crippen LogP contribution in [0.25, 0.3) is 11.0 Å². The van der Waals surface area contributed by atoms with E-state index in [4.69, 9.17) is 14.6 Å². The average molecular weight is 463 g/mol. The second kappa shape index (κ2) is 8.99. The van der Waals surface area contributed by atoms with Crippen molar-refractivity contribution in [2.75, 3.05) is 23.8 Å². The Morgan fingerprint density at radius 1 is 1.21 bits per heavy atom. The standard InChI is InChI=1S/C24H22FN5O4/c1-30-21-5-3-16(34-17-6-8-26-22(12-17)29-24(31)32)11-20(21)28-23(30)27-15-2-4-19(25)18(10-15)14-7-9-33-13-14/h2-6,8,10-12,14H,7,9,13H2,1H3,(H,26,29)(H,27,28)(H,31,32). The van der Waals surface area contributed by atoms with Gasteiger partial charge in [0.25, 0.3) is 0 Å². The van der Waals surface area contributed by atoms with E-state index in [9.17, 15) is 9.18 Å². The third kappa shape index (κ3) is 4.48. The molecular weight excluding hydrogens is 441 g/mol. The van der Waals surface area contributed by atoms with Gasteiger partial charge in [-0.25, -0.2) is 19.2 Å². The van der Waals surface area contributed by atoms with Crippen LogP contribution in [0.1, 0.15) is 17.9 Å². The fourth-order valence-corrected chi connectivity index (χ4v) is 3.99. The predicted molar refractivity (Wildman–Crippen MR) is 125 cm³/mol. The molecular formula is C24H22FN5O4. The minimum Gasteiger partial charge on any atom is -0.465 e. The van der Waals surface area contributed by atoms with Crippen molar-refractivity contribution >= 4 is 34.6 Å². The lowest BCUT2D eigenvalue weighted by Crippen LogP contribution is -2.08. The number of aryl methyl sites for hydroxylation is 1. The summed E-state index contributed by atoms with van der Waals surface area (Å²) in [6.45, 7) is 1.18. The molecule has 3 heterocycles. The first-order chi connectivity index (χ1) is 16.5. The summed E-state index contributed by atoms with van der Waals surface area (Å²) >= 11 is 0. The van der Waals surface area contributed by atoms with Crippen LogP contribution < -0.4 is 15.4 Å². The molecule has 1 saturated heterocycles. The van der Waals surface area contributed by atoms with Gasteiger partial charge in [-0.3, -0.25) is 5.32 Å². The van der Waals surface area contributed by atoms with Crippen LogP contribution >= 0.6 is 0 Å². The number of ether oxygens (including phenoxy) is 2. The Balaban J connectivity index is 1.38. The molecule has 3 N–H and O–H groups in total. The zero-order valence-corrected chi connectivity index (χ0v) is 18.3. The Hall–Kier alpha value is -4.18. The van der Waals surface area contributed by atoms with E-state index >= 15 is 0 Å². The zero-order valence-electron chi connectivity index (χ0n) is 18.3. The molecule has 0 aliphatic carbocycles. The number of anilines is 3. The van der Waals surface area contributed by atoms with Gasteiger partial charge in [0.05, 0.1) is 17.6 Å². The summed E-state index contributed by atoms with van der Waals surface area (Å²) in [5.74, 6) is 1.56. The first-order valence-electron chi connectivity index (χ1n) is 10.7.